The van der Waals surface area contributed by atoms with E-state index in [1.165, 1.54) is 11.1 Å². The number of benzene rings is 1. The molecule has 0 unspecified atom stereocenters. The Morgan fingerprint density at radius 2 is 1.00 bits per heavy atom. The molecular weight excluding hydrogens is 290 g/mol. The van der Waals surface area contributed by atoms with Crippen LogP contribution in [0.1, 0.15) is 80.4 Å². The lowest BCUT2D eigenvalue weighted by Gasteiger charge is -1.89. The van der Waals surface area contributed by atoms with Crippen LogP contribution in [-0.2, 0) is 12.8 Å². The molecule has 1 heterocycles. The maximum Gasteiger partial charge on any atom is 0.0299 e. The number of rotatable bonds is 2. The standard InChI is InChI=1S/C8H10.C7H9N.4C2H6/c1-2-8-6-4-3-5-7-8;1-2-7-4-3-5-8-6-7;4*1-2/h3-7H,2H2,1H3;3-6H,2H2,1H3;4*1-2H3. The number of hydrogen-bond acceptors (Lipinski definition) is 1. The first-order valence-corrected chi connectivity index (χ1v) is 9.79. The summed E-state index contributed by atoms with van der Waals surface area (Å²) < 4.78 is 0. The second-order valence-corrected chi connectivity index (χ2v) is 3.55. The lowest BCUT2D eigenvalue weighted by Crippen LogP contribution is -1.77. The predicted octanol–water partition coefficient (Wildman–Crippen LogP) is 8.00. The Bertz CT molecular complexity index is 328. The molecule has 1 heteroatoms. The molecule has 2 rings (SSSR count). The SMILES string of the molecule is CC.CC.CC.CC.CCc1ccccc1.CCc1cccnc1. The average Bonchev–Trinajstić information content (AvgIpc) is 2.75. The molecule has 0 aliphatic rings. The van der Waals surface area contributed by atoms with Gasteiger partial charge in [-0.15, -0.1) is 0 Å². The molecule has 0 bridgehead atoms. The number of pyridine rings is 1. The van der Waals surface area contributed by atoms with Crippen molar-refractivity contribution in [1.29, 1.82) is 0 Å². The molecular formula is C23H43N. The zero-order chi connectivity index (χ0) is 19.6. The van der Waals surface area contributed by atoms with Gasteiger partial charge in [0.1, 0.15) is 0 Å². The van der Waals surface area contributed by atoms with E-state index in [9.17, 15) is 0 Å². The number of nitrogens with zero attached hydrogens (tertiary/aromatic N) is 1. The van der Waals surface area contributed by atoms with Gasteiger partial charge in [0.2, 0.25) is 0 Å². The molecule has 24 heavy (non-hydrogen) atoms. The second kappa shape index (κ2) is 33.1. The molecule has 0 N–H and O–H groups in total. The van der Waals surface area contributed by atoms with Crippen LogP contribution in [0.3, 0.4) is 0 Å². The minimum Gasteiger partial charge on any atom is -0.264 e. The lowest BCUT2D eigenvalue weighted by atomic mass is 10.2. The van der Waals surface area contributed by atoms with Crippen molar-refractivity contribution in [2.24, 2.45) is 0 Å². The number of hydrogen-bond donors (Lipinski definition) is 0. The van der Waals surface area contributed by atoms with Crippen LogP contribution in [0.5, 0.6) is 0 Å². The van der Waals surface area contributed by atoms with E-state index in [1.54, 1.807) is 6.20 Å². The fraction of sp³-hybridized carbons (Fsp3) is 0.522. The Morgan fingerprint density at radius 1 is 0.583 bits per heavy atom. The minimum absolute atomic E-state index is 1.08. The summed E-state index contributed by atoms with van der Waals surface area (Å²) in [5, 5.41) is 0. The van der Waals surface area contributed by atoms with Gasteiger partial charge in [0.05, 0.1) is 0 Å². The number of aromatic nitrogens is 1. The summed E-state index contributed by atoms with van der Waals surface area (Å²) in [5.41, 5.74) is 2.71. The molecule has 0 fully saturated rings. The van der Waals surface area contributed by atoms with Gasteiger partial charge in [-0.2, -0.15) is 0 Å². The fourth-order valence-corrected chi connectivity index (χ4v) is 1.32. The third-order valence-corrected chi connectivity index (χ3v) is 2.38. The van der Waals surface area contributed by atoms with E-state index < -0.39 is 0 Å². The Kier molecular flexibility index (Phi) is 41.7. The zero-order valence-corrected chi connectivity index (χ0v) is 18.1. The van der Waals surface area contributed by atoms with Gasteiger partial charge in [0, 0.05) is 12.4 Å². The van der Waals surface area contributed by atoms with Gasteiger partial charge in [-0.25, -0.2) is 0 Å². The molecule has 2 aromatic rings. The van der Waals surface area contributed by atoms with E-state index in [4.69, 9.17) is 0 Å². The third-order valence-electron chi connectivity index (χ3n) is 2.38. The Labute approximate surface area is 153 Å². The Balaban J connectivity index is -0.000000118. The minimum atomic E-state index is 1.08. The first kappa shape index (κ1) is 30.3. The molecule has 140 valence electrons. The molecule has 0 spiro atoms. The van der Waals surface area contributed by atoms with Crippen LogP contribution in [0, 0.1) is 0 Å². The van der Waals surface area contributed by atoms with Crippen molar-refractivity contribution in [3.8, 4) is 0 Å². The molecule has 0 aliphatic heterocycles. The quantitative estimate of drug-likeness (QED) is 0.542. The predicted molar refractivity (Wildman–Crippen MR) is 115 cm³/mol. The highest BCUT2D eigenvalue weighted by Crippen LogP contribution is 1.96. The van der Waals surface area contributed by atoms with Gasteiger partial charge in [-0.3, -0.25) is 4.98 Å². The van der Waals surface area contributed by atoms with E-state index in [-0.39, 0.29) is 0 Å². The molecule has 0 aliphatic carbocycles. The van der Waals surface area contributed by atoms with Crippen LogP contribution >= 0.6 is 0 Å². The van der Waals surface area contributed by atoms with Crippen molar-refractivity contribution in [3.63, 3.8) is 0 Å². The van der Waals surface area contributed by atoms with E-state index in [0.29, 0.717) is 0 Å². The maximum atomic E-state index is 3.96. The lowest BCUT2D eigenvalue weighted by molar-refractivity contribution is 1.10. The normalized spacial score (nSPS) is 7.08. The van der Waals surface area contributed by atoms with Crippen LogP contribution in [-0.4, -0.2) is 4.98 Å². The largest absolute Gasteiger partial charge is 0.264 e. The van der Waals surface area contributed by atoms with Gasteiger partial charge in [-0.05, 0) is 30.0 Å². The highest BCUT2D eigenvalue weighted by Gasteiger charge is 1.81. The van der Waals surface area contributed by atoms with Gasteiger partial charge in [-0.1, -0.05) is 106 Å². The molecule has 0 amide bonds. The first-order valence-electron chi connectivity index (χ1n) is 9.79. The second-order valence-electron chi connectivity index (χ2n) is 3.55. The van der Waals surface area contributed by atoms with Gasteiger partial charge >= 0.3 is 0 Å². The summed E-state index contributed by atoms with van der Waals surface area (Å²) in [4.78, 5) is 3.96. The summed E-state index contributed by atoms with van der Waals surface area (Å²) in [7, 11) is 0. The zero-order valence-electron chi connectivity index (χ0n) is 18.1. The summed E-state index contributed by atoms with van der Waals surface area (Å²) in [5.74, 6) is 0. The molecule has 1 aromatic heterocycles. The Morgan fingerprint density at radius 3 is 1.25 bits per heavy atom. The third kappa shape index (κ3) is 22.6. The molecule has 0 saturated heterocycles. The van der Waals surface area contributed by atoms with Crippen LogP contribution in [0.4, 0.5) is 0 Å². The highest BCUT2D eigenvalue weighted by atomic mass is 14.6. The topological polar surface area (TPSA) is 12.9 Å². The van der Waals surface area contributed by atoms with E-state index in [1.807, 2.05) is 73.7 Å². The van der Waals surface area contributed by atoms with Crippen molar-refractivity contribution in [2.45, 2.75) is 82.1 Å². The van der Waals surface area contributed by atoms with Crippen LogP contribution in [0.15, 0.2) is 54.9 Å². The first-order chi connectivity index (χ1) is 11.9. The average molecular weight is 334 g/mol. The van der Waals surface area contributed by atoms with Crippen LogP contribution in [0.2, 0.25) is 0 Å². The van der Waals surface area contributed by atoms with Crippen molar-refractivity contribution in [3.05, 3.63) is 66.0 Å². The summed E-state index contributed by atoms with van der Waals surface area (Å²) in [6.07, 6.45) is 5.90. The monoisotopic (exact) mass is 333 g/mol. The molecule has 1 nitrogen and oxygen atoms in total. The van der Waals surface area contributed by atoms with Crippen molar-refractivity contribution < 1.29 is 0 Å². The van der Waals surface area contributed by atoms with Crippen LogP contribution < -0.4 is 0 Å². The molecule has 0 atom stereocenters. The summed E-state index contributed by atoms with van der Waals surface area (Å²) in [6.45, 7) is 20.3. The van der Waals surface area contributed by atoms with Gasteiger partial charge < -0.3 is 0 Å². The molecule has 0 saturated carbocycles. The number of aryl methyl sites for hydroxylation is 2. The Hall–Kier alpha value is -1.63. The van der Waals surface area contributed by atoms with E-state index >= 15 is 0 Å². The fourth-order valence-electron chi connectivity index (χ4n) is 1.32. The van der Waals surface area contributed by atoms with Crippen LogP contribution in [0.25, 0.3) is 0 Å². The van der Waals surface area contributed by atoms with E-state index in [0.717, 1.165) is 12.8 Å². The van der Waals surface area contributed by atoms with E-state index in [2.05, 4.69) is 49.2 Å². The molecule has 1 aromatic carbocycles. The van der Waals surface area contributed by atoms with Crippen molar-refractivity contribution >= 4 is 0 Å². The van der Waals surface area contributed by atoms with Crippen molar-refractivity contribution in [2.75, 3.05) is 0 Å². The summed E-state index contributed by atoms with van der Waals surface area (Å²) >= 11 is 0. The molecule has 0 radical (unpaired) electrons. The maximum absolute atomic E-state index is 3.96. The van der Waals surface area contributed by atoms with Gasteiger partial charge in [0.15, 0.2) is 0 Å². The summed E-state index contributed by atoms with van der Waals surface area (Å²) in [6, 6.07) is 14.5. The highest BCUT2D eigenvalue weighted by molar-refractivity contribution is 5.13. The van der Waals surface area contributed by atoms with Gasteiger partial charge in [0.25, 0.3) is 0 Å². The smallest absolute Gasteiger partial charge is 0.0299 e. The van der Waals surface area contributed by atoms with Crippen molar-refractivity contribution in [1.82, 2.24) is 4.98 Å².